The van der Waals surface area contributed by atoms with Crippen LogP contribution in [0, 0.1) is 0 Å². The summed E-state index contributed by atoms with van der Waals surface area (Å²) in [6.45, 7) is 5.01. The summed E-state index contributed by atoms with van der Waals surface area (Å²) in [5.74, 6) is 0.281. The zero-order chi connectivity index (χ0) is 12.1. The van der Waals surface area contributed by atoms with Crippen LogP contribution in [0.2, 0.25) is 0 Å². The Morgan fingerprint density at radius 2 is 2.53 bits per heavy atom. The Bertz CT molecular complexity index is 344. The molecule has 1 saturated heterocycles. The predicted molar refractivity (Wildman–Crippen MR) is 71.3 cm³/mol. The van der Waals surface area contributed by atoms with E-state index < -0.39 is 0 Å². The number of hydrogen-bond donors (Lipinski definition) is 1. The van der Waals surface area contributed by atoms with Crippen LogP contribution in [0.5, 0.6) is 0 Å². The van der Waals surface area contributed by atoms with Crippen molar-refractivity contribution in [1.29, 1.82) is 0 Å². The first kappa shape index (κ1) is 12.6. The zero-order valence-electron chi connectivity index (χ0n) is 10.3. The van der Waals surface area contributed by atoms with Crippen LogP contribution in [0.1, 0.15) is 24.6 Å². The van der Waals surface area contributed by atoms with E-state index in [1.54, 1.807) is 11.3 Å². The van der Waals surface area contributed by atoms with E-state index >= 15 is 0 Å². The first-order valence-electron chi connectivity index (χ1n) is 6.34. The van der Waals surface area contributed by atoms with Gasteiger partial charge in [-0.2, -0.15) is 0 Å². The Morgan fingerprint density at radius 3 is 3.12 bits per heavy atom. The molecular formula is C13H20N2OS. The average molecular weight is 252 g/mol. The van der Waals surface area contributed by atoms with Crippen molar-refractivity contribution in [2.45, 2.75) is 32.2 Å². The minimum absolute atomic E-state index is 0.281. The van der Waals surface area contributed by atoms with Crippen LogP contribution in [-0.2, 0) is 11.2 Å². The molecule has 94 valence electrons. The van der Waals surface area contributed by atoms with Crippen LogP contribution >= 0.6 is 11.3 Å². The fourth-order valence-corrected chi connectivity index (χ4v) is 3.02. The van der Waals surface area contributed by atoms with Crippen molar-refractivity contribution in [1.82, 2.24) is 10.2 Å². The lowest BCUT2D eigenvalue weighted by Crippen LogP contribution is -2.42. The van der Waals surface area contributed by atoms with Crippen molar-refractivity contribution in [3.8, 4) is 0 Å². The summed E-state index contributed by atoms with van der Waals surface area (Å²) in [6, 6.07) is 4.45. The smallest absolute Gasteiger partial charge is 0.228 e. The summed E-state index contributed by atoms with van der Waals surface area (Å²) < 4.78 is 0. The number of carbonyl (C=O) groups is 1. The lowest BCUT2D eigenvalue weighted by Gasteiger charge is -2.28. The van der Waals surface area contributed by atoms with Gasteiger partial charge in [0.25, 0.3) is 0 Å². The van der Waals surface area contributed by atoms with Crippen molar-refractivity contribution >= 4 is 17.2 Å². The van der Waals surface area contributed by atoms with Gasteiger partial charge < -0.3 is 10.2 Å². The van der Waals surface area contributed by atoms with E-state index in [4.69, 9.17) is 0 Å². The van der Waals surface area contributed by atoms with Gasteiger partial charge >= 0.3 is 0 Å². The second-order valence-corrected chi connectivity index (χ2v) is 5.52. The van der Waals surface area contributed by atoms with E-state index in [9.17, 15) is 4.79 Å². The maximum Gasteiger partial charge on any atom is 0.228 e. The second kappa shape index (κ2) is 6.17. The standard InChI is InChI=1S/C13H20N2OS/c1-2-7-15(11-5-6-14-10-11)13(16)9-12-4-3-8-17-12/h3-4,8,11,14H,2,5-7,9-10H2,1H3. The van der Waals surface area contributed by atoms with E-state index in [1.807, 2.05) is 17.5 Å². The molecule has 0 saturated carbocycles. The van der Waals surface area contributed by atoms with Crippen LogP contribution < -0.4 is 5.32 Å². The van der Waals surface area contributed by atoms with Crippen LogP contribution in [0.3, 0.4) is 0 Å². The van der Waals surface area contributed by atoms with Gasteiger partial charge in [0.05, 0.1) is 6.42 Å². The average Bonchev–Trinajstić information content (AvgIpc) is 2.97. The molecule has 1 atom stereocenters. The third-order valence-electron chi connectivity index (χ3n) is 3.17. The lowest BCUT2D eigenvalue weighted by atomic mass is 10.2. The quantitative estimate of drug-likeness (QED) is 0.868. The van der Waals surface area contributed by atoms with E-state index in [1.165, 1.54) is 4.88 Å². The van der Waals surface area contributed by atoms with Gasteiger partial charge in [0.1, 0.15) is 0 Å². The summed E-state index contributed by atoms with van der Waals surface area (Å²) in [5.41, 5.74) is 0. The first-order chi connectivity index (χ1) is 8.31. The van der Waals surface area contributed by atoms with Gasteiger partial charge in [-0.25, -0.2) is 0 Å². The van der Waals surface area contributed by atoms with E-state index in [2.05, 4.69) is 17.1 Å². The minimum Gasteiger partial charge on any atom is -0.338 e. The minimum atomic E-state index is 0.281. The zero-order valence-corrected chi connectivity index (χ0v) is 11.1. The number of amides is 1. The Kier molecular flexibility index (Phi) is 4.57. The summed E-state index contributed by atoms with van der Waals surface area (Å²) >= 11 is 1.67. The van der Waals surface area contributed by atoms with Crippen molar-refractivity contribution in [3.05, 3.63) is 22.4 Å². The Labute approximate surface area is 107 Å². The van der Waals surface area contributed by atoms with Gasteiger partial charge in [-0.3, -0.25) is 4.79 Å². The van der Waals surface area contributed by atoms with Crippen molar-refractivity contribution < 1.29 is 4.79 Å². The number of rotatable bonds is 5. The summed E-state index contributed by atoms with van der Waals surface area (Å²) in [4.78, 5) is 15.5. The third kappa shape index (κ3) is 3.30. The van der Waals surface area contributed by atoms with Gasteiger partial charge in [-0.15, -0.1) is 11.3 Å². The fourth-order valence-electron chi connectivity index (χ4n) is 2.32. The van der Waals surface area contributed by atoms with E-state index in [-0.39, 0.29) is 5.91 Å². The molecule has 0 bridgehead atoms. The van der Waals surface area contributed by atoms with Gasteiger partial charge in [0, 0.05) is 24.0 Å². The highest BCUT2D eigenvalue weighted by atomic mass is 32.1. The molecule has 0 aromatic carbocycles. The highest BCUT2D eigenvalue weighted by Crippen LogP contribution is 2.15. The predicted octanol–water partition coefficient (Wildman–Crippen LogP) is 1.89. The van der Waals surface area contributed by atoms with Crippen molar-refractivity contribution in [3.63, 3.8) is 0 Å². The molecule has 1 aromatic rings. The molecule has 1 aliphatic rings. The normalized spacial score (nSPS) is 19.5. The van der Waals surface area contributed by atoms with Crippen LogP contribution in [0.4, 0.5) is 0 Å². The number of nitrogens with zero attached hydrogens (tertiary/aromatic N) is 1. The Morgan fingerprint density at radius 1 is 1.65 bits per heavy atom. The molecule has 1 aliphatic heterocycles. The highest BCUT2D eigenvalue weighted by Gasteiger charge is 2.25. The number of thiophene rings is 1. The molecule has 17 heavy (non-hydrogen) atoms. The van der Waals surface area contributed by atoms with Gasteiger partial charge in [0.2, 0.25) is 5.91 Å². The highest BCUT2D eigenvalue weighted by molar-refractivity contribution is 7.10. The molecule has 1 N–H and O–H groups in total. The lowest BCUT2D eigenvalue weighted by molar-refractivity contribution is -0.132. The van der Waals surface area contributed by atoms with Gasteiger partial charge in [0.15, 0.2) is 0 Å². The summed E-state index contributed by atoms with van der Waals surface area (Å²) in [7, 11) is 0. The third-order valence-corrected chi connectivity index (χ3v) is 4.04. The largest absolute Gasteiger partial charge is 0.338 e. The van der Waals surface area contributed by atoms with Crippen LogP contribution in [-0.4, -0.2) is 36.5 Å². The molecule has 0 spiro atoms. The first-order valence-corrected chi connectivity index (χ1v) is 7.21. The maximum absolute atomic E-state index is 12.3. The van der Waals surface area contributed by atoms with Gasteiger partial charge in [-0.05, 0) is 30.8 Å². The monoisotopic (exact) mass is 252 g/mol. The fraction of sp³-hybridized carbons (Fsp3) is 0.615. The van der Waals surface area contributed by atoms with E-state index in [0.717, 1.165) is 32.5 Å². The number of carbonyl (C=O) groups excluding carboxylic acids is 1. The summed E-state index contributed by atoms with van der Waals surface area (Å²) in [6.07, 6.45) is 2.69. The molecule has 1 aromatic heterocycles. The number of nitrogens with one attached hydrogen (secondary N) is 1. The van der Waals surface area contributed by atoms with Crippen molar-refractivity contribution in [2.24, 2.45) is 0 Å². The van der Waals surface area contributed by atoms with Crippen molar-refractivity contribution in [2.75, 3.05) is 19.6 Å². The van der Waals surface area contributed by atoms with Crippen LogP contribution in [0.15, 0.2) is 17.5 Å². The molecule has 2 rings (SSSR count). The molecular weight excluding hydrogens is 232 g/mol. The Balaban J connectivity index is 1.97. The molecule has 1 amide bonds. The van der Waals surface area contributed by atoms with Gasteiger partial charge in [-0.1, -0.05) is 13.0 Å². The second-order valence-electron chi connectivity index (χ2n) is 4.49. The molecule has 0 radical (unpaired) electrons. The van der Waals surface area contributed by atoms with Crippen LogP contribution in [0.25, 0.3) is 0 Å². The topological polar surface area (TPSA) is 32.3 Å². The molecule has 4 heteroatoms. The molecule has 1 fully saturated rings. The summed E-state index contributed by atoms with van der Waals surface area (Å²) in [5, 5.41) is 5.37. The maximum atomic E-state index is 12.3. The molecule has 3 nitrogen and oxygen atoms in total. The molecule has 2 heterocycles. The SMILES string of the molecule is CCCN(C(=O)Cc1cccs1)C1CCNC1. The molecule has 1 unspecified atom stereocenters. The number of hydrogen-bond acceptors (Lipinski definition) is 3. The Hall–Kier alpha value is -0.870. The van der Waals surface area contributed by atoms with E-state index in [0.29, 0.717) is 12.5 Å². The molecule has 0 aliphatic carbocycles.